The number of ether oxygens (including phenoxy) is 1. The van der Waals surface area contributed by atoms with Gasteiger partial charge in [0.05, 0.1) is 19.8 Å². The molecule has 2 saturated heterocycles. The first-order valence-corrected chi connectivity index (χ1v) is 6.11. The molecule has 2 fully saturated rings. The van der Waals surface area contributed by atoms with Crippen LogP contribution in [-0.2, 0) is 9.53 Å². The van der Waals surface area contributed by atoms with E-state index in [-0.39, 0.29) is 12.5 Å². The Morgan fingerprint density at radius 3 is 2.75 bits per heavy atom. The van der Waals surface area contributed by atoms with Crippen LogP contribution in [0.4, 0.5) is 0 Å². The highest BCUT2D eigenvalue weighted by atomic mass is 16.5. The second kappa shape index (κ2) is 5.61. The number of likely N-dealkylation sites (tertiary alicyclic amines) is 1. The second-order valence-electron chi connectivity index (χ2n) is 4.50. The van der Waals surface area contributed by atoms with Gasteiger partial charge in [-0.1, -0.05) is 0 Å². The fourth-order valence-electron chi connectivity index (χ4n) is 2.55. The number of nitrogens with two attached hydrogens (primary N) is 1. The monoisotopic (exact) mass is 227 g/mol. The van der Waals surface area contributed by atoms with Crippen molar-refractivity contribution in [2.75, 3.05) is 45.9 Å². The molecular formula is C11H21N3O2. The maximum Gasteiger partial charge on any atom is 0.236 e. The highest BCUT2D eigenvalue weighted by molar-refractivity contribution is 5.78. The molecule has 0 spiro atoms. The molecule has 0 aromatic rings. The molecule has 2 aliphatic heterocycles. The van der Waals surface area contributed by atoms with Crippen LogP contribution in [0.3, 0.4) is 0 Å². The largest absolute Gasteiger partial charge is 0.379 e. The topological polar surface area (TPSA) is 58.8 Å². The summed E-state index contributed by atoms with van der Waals surface area (Å²) in [5.41, 5.74) is 5.42. The zero-order valence-electron chi connectivity index (χ0n) is 9.73. The van der Waals surface area contributed by atoms with Gasteiger partial charge in [0.25, 0.3) is 0 Å². The van der Waals surface area contributed by atoms with Crippen molar-refractivity contribution >= 4 is 5.91 Å². The molecule has 2 N–H and O–H groups in total. The molecule has 1 atom stereocenters. The van der Waals surface area contributed by atoms with Crippen LogP contribution in [0.25, 0.3) is 0 Å². The van der Waals surface area contributed by atoms with Crippen LogP contribution in [0, 0.1) is 0 Å². The number of hydrogen-bond donors (Lipinski definition) is 1. The molecule has 0 aromatic heterocycles. The van der Waals surface area contributed by atoms with E-state index in [1.807, 2.05) is 4.90 Å². The van der Waals surface area contributed by atoms with Gasteiger partial charge in [-0.15, -0.1) is 0 Å². The van der Waals surface area contributed by atoms with Crippen molar-refractivity contribution in [3.8, 4) is 0 Å². The molecule has 2 heterocycles. The standard InChI is InChI=1S/C11H21N3O2/c12-8-11(15)14-3-1-2-10(14)9-13-4-6-16-7-5-13/h10H,1-9,12H2. The van der Waals surface area contributed by atoms with Crippen molar-refractivity contribution in [3.05, 3.63) is 0 Å². The molecule has 92 valence electrons. The summed E-state index contributed by atoms with van der Waals surface area (Å²) in [7, 11) is 0. The Bertz CT molecular complexity index is 241. The molecule has 1 amide bonds. The average molecular weight is 227 g/mol. The van der Waals surface area contributed by atoms with Gasteiger partial charge >= 0.3 is 0 Å². The van der Waals surface area contributed by atoms with Crippen molar-refractivity contribution in [1.82, 2.24) is 9.80 Å². The Kier molecular flexibility index (Phi) is 4.15. The van der Waals surface area contributed by atoms with E-state index in [9.17, 15) is 4.79 Å². The summed E-state index contributed by atoms with van der Waals surface area (Å²) in [4.78, 5) is 16.0. The third kappa shape index (κ3) is 2.72. The minimum absolute atomic E-state index is 0.0933. The summed E-state index contributed by atoms with van der Waals surface area (Å²) in [5.74, 6) is 0.0933. The van der Waals surface area contributed by atoms with Gasteiger partial charge in [0.1, 0.15) is 0 Å². The minimum Gasteiger partial charge on any atom is -0.379 e. The van der Waals surface area contributed by atoms with E-state index in [0.717, 1.165) is 52.2 Å². The van der Waals surface area contributed by atoms with Crippen molar-refractivity contribution in [2.45, 2.75) is 18.9 Å². The van der Waals surface area contributed by atoms with Crippen molar-refractivity contribution in [1.29, 1.82) is 0 Å². The summed E-state index contributed by atoms with van der Waals surface area (Å²) >= 11 is 0. The lowest BCUT2D eigenvalue weighted by atomic mass is 10.2. The van der Waals surface area contributed by atoms with Gasteiger partial charge in [-0.3, -0.25) is 9.69 Å². The number of hydrogen-bond acceptors (Lipinski definition) is 4. The van der Waals surface area contributed by atoms with Crippen LogP contribution in [-0.4, -0.2) is 67.7 Å². The highest BCUT2D eigenvalue weighted by Crippen LogP contribution is 2.18. The van der Waals surface area contributed by atoms with Gasteiger partial charge in [-0.05, 0) is 12.8 Å². The second-order valence-corrected chi connectivity index (χ2v) is 4.50. The molecule has 2 aliphatic rings. The van der Waals surface area contributed by atoms with E-state index in [0.29, 0.717) is 6.04 Å². The summed E-state index contributed by atoms with van der Waals surface area (Å²) in [5, 5.41) is 0. The Balaban J connectivity index is 1.85. The Labute approximate surface area is 96.5 Å². The van der Waals surface area contributed by atoms with Gasteiger partial charge in [0.2, 0.25) is 5.91 Å². The zero-order chi connectivity index (χ0) is 11.4. The fraction of sp³-hybridized carbons (Fsp3) is 0.909. The number of rotatable bonds is 3. The van der Waals surface area contributed by atoms with Crippen LogP contribution in [0.1, 0.15) is 12.8 Å². The smallest absolute Gasteiger partial charge is 0.236 e. The van der Waals surface area contributed by atoms with Crippen LogP contribution in [0.2, 0.25) is 0 Å². The molecule has 0 radical (unpaired) electrons. The van der Waals surface area contributed by atoms with Gasteiger partial charge in [-0.2, -0.15) is 0 Å². The van der Waals surface area contributed by atoms with Crippen LogP contribution < -0.4 is 5.73 Å². The molecule has 5 nitrogen and oxygen atoms in total. The Hall–Kier alpha value is -0.650. The number of morpholine rings is 1. The van der Waals surface area contributed by atoms with Crippen LogP contribution in [0.15, 0.2) is 0 Å². The lowest BCUT2D eigenvalue weighted by molar-refractivity contribution is -0.130. The van der Waals surface area contributed by atoms with Crippen molar-refractivity contribution < 1.29 is 9.53 Å². The third-order valence-corrected chi connectivity index (χ3v) is 3.44. The van der Waals surface area contributed by atoms with E-state index in [2.05, 4.69) is 4.90 Å². The van der Waals surface area contributed by atoms with Crippen LogP contribution >= 0.6 is 0 Å². The van der Waals surface area contributed by atoms with Crippen LogP contribution in [0.5, 0.6) is 0 Å². The van der Waals surface area contributed by atoms with Gasteiger partial charge in [0.15, 0.2) is 0 Å². The average Bonchev–Trinajstić information content (AvgIpc) is 2.77. The summed E-state index contributed by atoms with van der Waals surface area (Å²) in [6.45, 7) is 5.61. The molecule has 5 heteroatoms. The molecule has 0 aliphatic carbocycles. The predicted molar refractivity (Wildman–Crippen MR) is 61.0 cm³/mol. The first-order valence-electron chi connectivity index (χ1n) is 6.11. The Morgan fingerprint density at radius 2 is 2.06 bits per heavy atom. The van der Waals surface area contributed by atoms with Gasteiger partial charge in [0, 0.05) is 32.2 Å². The van der Waals surface area contributed by atoms with E-state index < -0.39 is 0 Å². The van der Waals surface area contributed by atoms with E-state index in [4.69, 9.17) is 10.5 Å². The van der Waals surface area contributed by atoms with E-state index in [1.54, 1.807) is 0 Å². The van der Waals surface area contributed by atoms with Gasteiger partial charge < -0.3 is 15.4 Å². The zero-order valence-corrected chi connectivity index (χ0v) is 9.73. The first kappa shape index (κ1) is 11.8. The van der Waals surface area contributed by atoms with Crippen molar-refractivity contribution in [2.24, 2.45) is 5.73 Å². The summed E-state index contributed by atoms with van der Waals surface area (Å²) < 4.78 is 5.32. The quantitative estimate of drug-likeness (QED) is 0.690. The molecule has 0 aromatic carbocycles. The van der Waals surface area contributed by atoms with Crippen molar-refractivity contribution in [3.63, 3.8) is 0 Å². The molecule has 0 saturated carbocycles. The predicted octanol–water partition coefficient (Wildman–Crippen LogP) is -0.732. The van der Waals surface area contributed by atoms with Gasteiger partial charge in [-0.25, -0.2) is 0 Å². The Morgan fingerprint density at radius 1 is 1.31 bits per heavy atom. The summed E-state index contributed by atoms with van der Waals surface area (Å²) in [6.07, 6.45) is 2.23. The first-order chi connectivity index (χ1) is 7.81. The minimum atomic E-state index is 0.0933. The number of carbonyl (C=O) groups is 1. The summed E-state index contributed by atoms with van der Waals surface area (Å²) in [6, 6.07) is 0.370. The number of carbonyl (C=O) groups excluding carboxylic acids is 1. The van der Waals surface area contributed by atoms with E-state index in [1.165, 1.54) is 0 Å². The molecular weight excluding hydrogens is 206 g/mol. The normalized spacial score (nSPS) is 27.3. The number of nitrogens with zero attached hydrogens (tertiary/aromatic N) is 2. The third-order valence-electron chi connectivity index (χ3n) is 3.44. The lowest BCUT2D eigenvalue weighted by Gasteiger charge is -2.32. The van der Waals surface area contributed by atoms with E-state index >= 15 is 0 Å². The maximum atomic E-state index is 11.6. The number of amides is 1. The lowest BCUT2D eigenvalue weighted by Crippen LogP contribution is -2.48. The molecule has 16 heavy (non-hydrogen) atoms. The maximum absolute atomic E-state index is 11.6. The SMILES string of the molecule is NCC(=O)N1CCCC1CN1CCOCC1. The molecule has 2 rings (SSSR count). The highest BCUT2D eigenvalue weighted by Gasteiger charge is 2.29. The molecule has 1 unspecified atom stereocenters. The fourth-order valence-corrected chi connectivity index (χ4v) is 2.55. The molecule has 0 bridgehead atoms.